The molecule has 0 bridgehead atoms. The summed E-state index contributed by atoms with van der Waals surface area (Å²) in [6.45, 7) is 9.22. The molecule has 0 atom stereocenters. The van der Waals surface area contributed by atoms with Crippen molar-refractivity contribution in [3.63, 3.8) is 0 Å². The average Bonchev–Trinajstić information content (AvgIpc) is 3.21. The zero-order valence-electron chi connectivity index (χ0n) is 19.9. The van der Waals surface area contributed by atoms with Crippen molar-refractivity contribution in [1.82, 2.24) is 19.7 Å². The maximum absolute atomic E-state index is 6.12. The molecule has 1 saturated carbocycles. The van der Waals surface area contributed by atoms with Gasteiger partial charge in [0.25, 0.3) is 0 Å². The number of aromatic amines is 1. The number of aromatic nitrogens is 4. The van der Waals surface area contributed by atoms with Gasteiger partial charge in [-0.3, -0.25) is 5.10 Å². The molecule has 0 spiro atoms. The quantitative estimate of drug-likeness (QED) is 0.395. The van der Waals surface area contributed by atoms with Crippen molar-refractivity contribution in [3.8, 4) is 0 Å². The third-order valence-electron chi connectivity index (χ3n) is 6.31. The van der Waals surface area contributed by atoms with E-state index in [4.69, 9.17) is 33.0 Å². The van der Waals surface area contributed by atoms with Crippen LogP contribution in [0, 0.1) is 0 Å². The Labute approximate surface area is 199 Å². The van der Waals surface area contributed by atoms with Crippen molar-refractivity contribution in [1.29, 1.82) is 0 Å². The largest absolute Gasteiger partial charge is 0.398 e. The van der Waals surface area contributed by atoms with Crippen molar-refractivity contribution < 1.29 is 0 Å². The third-order valence-corrected chi connectivity index (χ3v) is 6.66. The van der Waals surface area contributed by atoms with Crippen LogP contribution in [-0.2, 0) is 6.54 Å². The van der Waals surface area contributed by atoms with E-state index in [1.807, 2.05) is 18.2 Å². The van der Waals surface area contributed by atoms with Crippen LogP contribution >= 0.6 is 11.6 Å². The zero-order valence-corrected chi connectivity index (χ0v) is 20.7. The molecule has 0 radical (unpaired) electrons. The summed E-state index contributed by atoms with van der Waals surface area (Å²) in [5.41, 5.74) is 17.4. The lowest BCUT2D eigenvalue weighted by atomic mass is 9.92. The molecular weight excluding hydrogens is 436 g/mol. The molecule has 1 aromatic carbocycles. The second-order valence-corrected chi connectivity index (χ2v) is 10.0. The van der Waals surface area contributed by atoms with Crippen LogP contribution in [0.2, 0.25) is 5.02 Å². The Morgan fingerprint density at radius 3 is 2.58 bits per heavy atom. The highest BCUT2D eigenvalue weighted by Crippen LogP contribution is 2.28. The predicted octanol–water partition coefficient (Wildman–Crippen LogP) is 4.48. The van der Waals surface area contributed by atoms with E-state index < -0.39 is 0 Å². The molecule has 0 aliphatic heterocycles. The highest BCUT2D eigenvalue weighted by Gasteiger charge is 2.22. The summed E-state index contributed by atoms with van der Waals surface area (Å²) in [4.78, 5) is 10.1. The van der Waals surface area contributed by atoms with Crippen LogP contribution < -0.4 is 22.4 Å². The van der Waals surface area contributed by atoms with Crippen LogP contribution in [0.3, 0.4) is 0 Å². The second-order valence-electron chi connectivity index (χ2n) is 9.62. The molecule has 4 rings (SSSR count). The number of hydrogen-bond donors (Lipinski definition) is 4. The summed E-state index contributed by atoms with van der Waals surface area (Å²) in [5, 5.41) is 11.9. The third kappa shape index (κ3) is 5.01. The summed E-state index contributed by atoms with van der Waals surface area (Å²) in [6, 6.07) is 6.36. The molecule has 1 aliphatic rings. The van der Waals surface area contributed by atoms with Gasteiger partial charge in [-0.05, 0) is 63.1 Å². The monoisotopic (exact) mass is 470 g/mol. The van der Waals surface area contributed by atoms with Gasteiger partial charge in [0.05, 0.1) is 28.0 Å². The molecule has 8 nitrogen and oxygen atoms in total. The number of nitrogens with one attached hydrogen (secondary N) is 2. The van der Waals surface area contributed by atoms with Gasteiger partial charge in [-0.2, -0.15) is 10.1 Å². The maximum Gasteiger partial charge on any atom is 0.227 e. The van der Waals surface area contributed by atoms with E-state index in [1.165, 1.54) is 0 Å². The number of fused-ring (bicyclic) bond motifs is 1. The number of H-pyrrole nitrogens is 1. The summed E-state index contributed by atoms with van der Waals surface area (Å²) >= 11 is 6.08. The molecule has 1 aliphatic carbocycles. The topological polar surface area (TPSA) is 123 Å². The first-order chi connectivity index (χ1) is 15.7. The number of hydrogen-bond acceptors (Lipinski definition) is 6. The van der Waals surface area contributed by atoms with Gasteiger partial charge in [-0.1, -0.05) is 31.5 Å². The van der Waals surface area contributed by atoms with Crippen LogP contribution in [0.4, 0.5) is 11.5 Å². The van der Waals surface area contributed by atoms with Crippen LogP contribution in [0.1, 0.15) is 76.6 Å². The van der Waals surface area contributed by atoms with E-state index >= 15 is 0 Å². The number of anilines is 2. The molecule has 0 saturated heterocycles. The first-order valence-electron chi connectivity index (χ1n) is 11.8. The highest BCUT2D eigenvalue weighted by molar-refractivity contribution is 6.33. The van der Waals surface area contributed by atoms with Crippen molar-refractivity contribution in [2.24, 2.45) is 10.7 Å². The lowest BCUT2D eigenvalue weighted by Crippen LogP contribution is -2.33. The van der Waals surface area contributed by atoms with Gasteiger partial charge >= 0.3 is 0 Å². The Kier molecular flexibility index (Phi) is 6.95. The fraction of sp³-hybridized carbons (Fsp3) is 0.542. The maximum atomic E-state index is 6.12. The zero-order chi connectivity index (χ0) is 23.7. The SMILES string of the molecule is CC(C)c1[nH]nc2c(NCc3ccc(Cl)c(N)c3)nc(=NC3CCC(N)CC3)n(C(C)C)c12. The van der Waals surface area contributed by atoms with Gasteiger partial charge in [0.15, 0.2) is 11.3 Å². The number of halogens is 1. The van der Waals surface area contributed by atoms with E-state index in [0.29, 0.717) is 23.1 Å². The second kappa shape index (κ2) is 9.73. The van der Waals surface area contributed by atoms with Gasteiger partial charge in [0, 0.05) is 18.6 Å². The van der Waals surface area contributed by atoms with E-state index in [9.17, 15) is 0 Å². The molecule has 0 unspecified atom stereocenters. The smallest absolute Gasteiger partial charge is 0.227 e. The molecule has 1 fully saturated rings. The molecule has 0 amide bonds. The minimum Gasteiger partial charge on any atom is -0.398 e. The number of rotatable bonds is 6. The van der Waals surface area contributed by atoms with Crippen LogP contribution in [-0.4, -0.2) is 31.8 Å². The Hall–Kier alpha value is -2.58. The fourth-order valence-electron chi connectivity index (χ4n) is 4.45. The Balaban J connectivity index is 1.82. The van der Waals surface area contributed by atoms with Crippen LogP contribution in [0.5, 0.6) is 0 Å². The van der Waals surface area contributed by atoms with Crippen molar-refractivity contribution in [2.75, 3.05) is 11.1 Å². The van der Waals surface area contributed by atoms with Crippen LogP contribution in [0.15, 0.2) is 23.2 Å². The van der Waals surface area contributed by atoms with Crippen molar-refractivity contribution in [3.05, 3.63) is 40.1 Å². The standard InChI is InChI=1S/C24H35ClN8/c1-13(2)20-22-21(32-31-20)23(28-12-15-5-10-18(25)19(27)11-15)30-24(33(22)14(3)4)29-17-8-6-16(26)7-9-17/h5,10-11,13-14,16-17H,6-9,12,26-27H2,1-4H3,(H,31,32)(H,28,29,30). The fourth-order valence-corrected chi connectivity index (χ4v) is 4.57. The van der Waals surface area contributed by atoms with E-state index in [-0.39, 0.29) is 24.0 Å². The first kappa shape index (κ1) is 23.6. The van der Waals surface area contributed by atoms with Crippen molar-refractivity contribution >= 4 is 34.1 Å². The Bertz CT molecular complexity index is 1190. The van der Waals surface area contributed by atoms with Gasteiger partial charge < -0.3 is 21.4 Å². The van der Waals surface area contributed by atoms with Crippen LogP contribution in [0.25, 0.3) is 11.0 Å². The lowest BCUT2D eigenvalue weighted by molar-refractivity contribution is 0.386. The minimum atomic E-state index is 0.185. The number of nitrogens with two attached hydrogens (primary N) is 2. The molecular formula is C24H35ClN8. The summed E-state index contributed by atoms with van der Waals surface area (Å²) in [7, 11) is 0. The average molecular weight is 471 g/mol. The predicted molar refractivity (Wildman–Crippen MR) is 135 cm³/mol. The lowest BCUT2D eigenvalue weighted by Gasteiger charge is -2.24. The number of nitrogens with zero attached hydrogens (tertiary/aromatic N) is 4. The first-order valence-corrected chi connectivity index (χ1v) is 12.2. The number of nitrogen functional groups attached to an aromatic ring is 1. The molecule has 2 heterocycles. The summed E-state index contributed by atoms with van der Waals surface area (Å²) < 4.78 is 2.22. The Morgan fingerprint density at radius 2 is 1.94 bits per heavy atom. The summed E-state index contributed by atoms with van der Waals surface area (Å²) in [5.74, 6) is 0.997. The normalized spacial score (nSPS) is 19.7. The van der Waals surface area contributed by atoms with E-state index in [0.717, 1.165) is 53.6 Å². The van der Waals surface area contributed by atoms with Gasteiger partial charge in [-0.25, -0.2) is 4.99 Å². The summed E-state index contributed by atoms with van der Waals surface area (Å²) in [6.07, 6.45) is 4.00. The minimum absolute atomic E-state index is 0.185. The molecule has 33 heavy (non-hydrogen) atoms. The van der Waals surface area contributed by atoms with Gasteiger partial charge in [0.1, 0.15) is 0 Å². The van der Waals surface area contributed by atoms with E-state index in [2.05, 4.69) is 47.8 Å². The molecule has 178 valence electrons. The molecule has 2 aromatic heterocycles. The van der Waals surface area contributed by atoms with E-state index in [1.54, 1.807) is 0 Å². The van der Waals surface area contributed by atoms with Crippen molar-refractivity contribution in [2.45, 2.75) is 84.0 Å². The molecule has 6 N–H and O–H groups in total. The molecule has 3 aromatic rings. The van der Waals surface area contributed by atoms with Gasteiger partial charge in [0.2, 0.25) is 5.62 Å². The Morgan fingerprint density at radius 1 is 1.21 bits per heavy atom. The van der Waals surface area contributed by atoms with Gasteiger partial charge in [-0.15, -0.1) is 0 Å². The highest BCUT2D eigenvalue weighted by atomic mass is 35.5. The number of benzene rings is 1. The molecule has 9 heteroatoms.